The number of amides is 2. The Morgan fingerprint density at radius 1 is 1.10 bits per heavy atom. The average Bonchev–Trinajstić information content (AvgIpc) is 3.23. The maximum absolute atomic E-state index is 12.8. The molecule has 0 unspecified atom stereocenters. The standard InChI is InChI=1S/C24H29N3O4/c1-17-5-8-19(9-6-17)25-23(28)15-26(2)24(29)16-27-11-3-4-20(27)18-7-10-21-22(14-18)31-13-12-30-21/h5-10,14,20H,3-4,11-13,15-16H2,1-2H3,(H,25,28)/t20-/m1/s1. The van der Waals surface area contributed by atoms with Gasteiger partial charge >= 0.3 is 0 Å². The number of hydrogen-bond acceptors (Lipinski definition) is 5. The van der Waals surface area contributed by atoms with Gasteiger partial charge in [0.1, 0.15) is 13.2 Å². The topological polar surface area (TPSA) is 71.1 Å². The predicted molar refractivity (Wildman–Crippen MR) is 118 cm³/mol. The van der Waals surface area contributed by atoms with Gasteiger partial charge in [-0.3, -0.25) is 14.5 Å². The number of aryl methyl sites for hydroxylation is 1. The molecule has 0 saturated carbocycles. The van der Waals surface area contributed by atoms with E-state index in [1.807, 2.05) is 43.3 Å². The Balaban J connectivity index is 1.33. The van der Waals surface area contributed by atoms with Gasteiger partial charge < -0.3 is 19.7 Å². The second-order valence-electron chi connectivity index (χ2n) is 8.20. The van der Waals surface area contributed by atoms with Crippen molar-refractivity contribution in [3.05, 3.63) is 53.6 Å². The van der Waals surface area contributed by atoms with Crippen LogP contribution in [-0.2, 0) is 9.59 Å². The fourth-order valence-electron chi connectivity index (χ4n) is 4.10. The van der Waals surface area contributed by atoms with Crippen LogP contribution in [-0.4, -0.2) is 61.5 Å². The Morgan fingerprint density at radius 3 is 2.61 bits per heavy atom. The molecule has 0 bridgehead atoms. The van der Waals surface area contributed by atoms with Gasteiger partial charge in [-0.25, -0.2) is 0 Å². The molecule has 7 nitrogen and oxygen atoms in total. The molecule has 0 aromatic heterocycles. The van der Waals surface area contributed by atoms with Gasteiger partial charge in [0.15, 0.2) is 11.5 Å². The van der Waals surface area contributed by atoms with Gasteiger partial charge in [0.05, 0.1) is 13.1 Å². The van der Waals surface area contributed by atoms with Crippen molar-refractivity contribution in [1.82, 2.24) is 9.80 Å². The fourth-order valence-corrected chi connectivity index (χ4v) is 4.10. The first kappa shape index (κ1) is 21.2. The molecule has 2 aliphatic heterocycles. The Kier molecular flexibility index (Phi) is 6.42. The van der Waals surface area contributed by atoms with Crippen molar-refractivity contribution in [2.24, 2.45) is 0 Å². The number of nitrogens with one attached hydrogen (secondary N) is 1. The number of carbonyl (C=O) groups is 2. The van der Waals surface area contributed by atoms with Gasteiger partial charge in [0, 0.05) is 18.8 Å². The van der Waals surface area contributed by atoms with Crippen molar-refractivity contribution in [3.63, 3.8) is 0 Å². The van der Waals surface area contributed by atoms with Gasteiger partial charge in [-0.05, 0) is 56.1 Å². The molecule has 2 heterocycles. The minimum absolute atomic E-state index is 0.0231. The number of likely N-dealkylation sites (tertiary alicyclic amines) is 1. The molecule has 7 heteroatoms. The molecule has 0 radical (unpaired) electrons. The van der Waals surface area contributed by atoms with Crippen LogP contribution in [0.3, 0.4) is 0 Å². The lowest BCUT2D eigenvalue weighted by atomic mass is 10.0. The van der Waals surface area contributed by atoms with Crippen molar-refractivity contribution in [2.45, 2.75) is 25.8 Å². The summed E-state index contributed by atoms with van der Waals surface area (Å²) < 4.78 is 11.3. The van der Waals surface area contributed by atoms with E-state index in [1.54, 1.807) is 7.05 Å². The number of anilines is 1. The van der Waals surface area contributed by atoms with Gasteiger partial charge in [-0.15, -0.1) is 0 Å². The van der Waals surface area contributed by atoms with E-state index in [1.165, 1.54) is 4.90 Å². The highest BCUT2D eigenvalue weighted by molar-refractivity contribution is 5.94. The van der Waals surface area contributed by atoms with Crippen molar-refractivity contribution < 1.29 is 19.1 Å². The smallest absolute Gasteiger partial charge is 0.243 e. The van der Waals surface area contributed by atoms with Crippen LogP contribution in [0.4, 0.5) is 5.69 Å². The zero-order valence-electron chi connectivity index (χ0n) is 18.1. The second-order valence-corrected chi connectivity index (χ2v) is 8.20. The zero-order chi connectivity index (χ0) is 21.8. The first-order valence-corrected chi connectivity index (χ1v) is 10.7. The van der Waals surface area contributed by atoms with Crippen LogP contribution in [0.5, 0.6) is 11.5 Å². The summed E-state index contributed by atoms with van der Waals surface area (Å²) in [7, 11) is 1.67. The van der Waals surface area contributed by atoms with E-state index >= 15 is 0 Å². The molecule has 2 aliphatic rings. The maximum atomic E-state index is 12.8. The highest BCUT2D eigenvalue weighted by Crippen LogP contribution is 2.37. The van der Waals surface area contributed by atoms with Crippen molar-refractivity contribution in [3.8, 4) is 11.5 Å². The lowest BCUT2D eigenvalue weighted by Crippen LogP contribution is -2.41. The molecule has 1 saturated heterocycles. The zero-order valence-corrected chi connectivity index (χ0v) is 18.1. The third kappa shape index (κ3) is 5.17. The van der Waals surface area contributed by atoms with E-state index in [0.717, 1.165) is 47.7 Å². The molecule has 31 heavy (non-hydrogen) atoms. The molecule has 4 rings (SSSR count). The van der Waals surface area contributed by atoms with Crippen molar-refractivity contribution >= 4 is 17.5 Å². The number of nitrogens with zero attached hydrogens (tertiary/aromatic N) is 2. The molecule has 1 atom stereocenters. The van der Waals surface area contributed by atoms with Gasteiger partial charge in [-0.2, -0.15) is 0 Å². The van der Waals surface area contributed by atoms with Crippen LogP contribution in [0.2, 0.25) is 0 Å². The number of fused-ring (bicyclic) bond motifs is 1. The second kappa shape index (κ2) is 9.39. The summed E-state index contributed by atoms with van der Waals surface area (Å²) in [6, 6.07) is 13.8. The van der Waals surface area contributed by atoms with Crippen molar-refractivity contribution in [2.75, 3.05) is 45.2 Å². The Labute approximate surface area is 182 Å². The maximum Gasteiger partial charge on any atom is 0.243 e. The fraction of sp³-hybridized carbons (Fsp3) is 0.417. The Hall–Kier alpha value is -3.06. The molecule has 164 valence electrons. The highest BCUT2D eigenvalue weighted by Gasteiger charge is 2.29. The number of carbonyl (C=O) groups excluding carboxylic acids is 2. The quantitative estimate of drug-likeness (QED) is 0.774. The van der Waals surface area contributed by atoms with Crippen LogP contribution >= 0.6 is 0 Å². The first-order chi connectivity index (χ1) is 15.0. The third-order valence-corrected chi connectivity index (χ3v) is 5.79. The molecule has 2 aromatic rings. The van der Waals surface area contributed by atoms with E-state index in [2.05, 4.69) is 16.3 Å². The minimum atomic E-state index is -0.204. The number of rotatable bonds is 6. The van der Waals surface area contributed by atoms with Crippen molar-refractivity contribution in [1.29, 1.82) is 0 Å². The normalized spacial score (nSPS) is 17.9. The lowest BCUT2D eigenvalue weighted by molar-refractivity contribution is -0.134. The third-order valence-electron chi connectivity index (χ3n) is 5.79. The van der Waals surface area contributed by atoms with E-state index in [4.69, 9.17) is 9.47 Å². The SMILES string of the molecule is Cc1ccc(NC(=O)CN(C)C(=O)CN2CCC[C@@H]2c2ccc3c(c2)OCCO3)cc1. The monoisotopic (exact) mass is 423 g/mol. The number of hydrogen-bond donors (Lipinski definition) is 1. The largest absolute Gasteiger partial charge is 0.486 e. The van der Waals surface area contributed by atoms with Crippen LogP contribution in [0.15, 0.2) is 42.5 Å². The van der Waals surface area contributed by atoms with Gasteiger partial charge in [-0.1, -0.05) is 23.8 Å². The van der Waals surface area contributed by atoms with Gasteiger partial charge in [0.2, 0.25) is 11.8 Å². The van der Waals surface area contributed by atoms with E-state index < -0.39 is 0 Å². The summed E-state index contributed by atoms with van der Waals surface area (Å²) in [6.07, 6.45) is 2.02. The Bertz CT molecular complexity index is 944. The summed E-state index contributed by atoms with van der Waals surface area (Å²) in [5, 5.41) is 2.84. The molecule has 1 fully saturated rings. The highest BCUT2D eigenvalue weighted by atomic mass is 16.6. The van der Waals surface area contributed by atoms with Crippen LogP contribution in [0, 0.1) is 6.92 Å². The summed E-state index contributed by atoms with van der Waals surface area (Å²) in [5.41, 5.74) is 2.99. The van der Waals surface area contributed by atoms with Crippen LogP contribution < -0.4 is 14.8 Å². The summed E-state index contributed by atoms with van der Waals surface area (Å²) in [4.78, 5) is 28.8. The van der Waals surface area contributed by atoms with E-state index in [-0.39, 0.29) is 30.9 Å². The molecule has 0 spiro atoms. The van der Waals surface area contributed by atoms with Crippen LogP contribution in [0.25, 0.3) is 0 Å². The Morgan fingerprint density at radius 2 is 1.84 bits per heavy atom. The summed E-state index contributed by atoms with van der Waals surface area (Å²) in [5.74, 6) is 1.27. The van der Waals surface area contributed by atoms with E-state index in [0.29, 0.717) is 13.2 Å². The molecule has 1 N–H and O–H groups in total. The predicted octanol–water partition coefficient (Wildman–Crippen LogP) is 3.00. The molecule has 2 amide bonds. The molecular weight excluding hydrogens is 394 g/mol. The van der Waals surface area contributed by atoms with Crippen LogP contribution in [0.1, 0.15) is 30.0 Å². The number of benzene rings is 2. The number of ether oxygens (including phenoxy) is 2. The first-order valence-electron chi connectivity index (χ1n) is 10.7. The van der Waals surface area contributed by atoms with Gasteiger partial charge in [0.25, 0.3) is 0 Å². The minimum Gasteiger partial charge on any atom is -0.486 e. The van der Waals surface area contributed by atoms with E-state index in [9.17, 15) is 9.59 Å². The average molecular weight is 424 g/mol. The molecule has 0 aliphatic carbocycles. The number of likely N-dealkylation sites (N-methyl/N-ethyl adjacent to an activating group) is 1. The summed E-state index contributed by atoms with van der Waals surface area (Å²) in [6.45, 7) is 4.28. The molecular formula is C24H29N3O4. The summed E-state index contributed by atoms with van der Waals surface area (Å²) >= 11 is 0. The molecule has 2 aromatic carbocycles. The lowest BCUT2D eigenvalue weighted by Gasteiger charge is -2.27.